The van der Waals surface area contributed by atoms with Gasteiger partial charge in [-0.15, -0.1) is 0 Å². The lowest BCUT2D eigenvalue weighted by atomic mass is 10.00. The molecule has 3 aromatic heterocycles. The van der Waals surface area contributed by atoms with Crippen LogP contribution in [0.2, 0.25) is 0 Å². The number of pyridine rings is 1. The van der Waals surface area contributed by atoms with E-state index >= 15 is 0 Å². The smallest absolute Gasteiger partial charge is 0.306 e. The Balaban J connectivity index is 2.16. The van der Waals surface area contributed by atoms with Gasteiger partial charge in [-0.3, -0.25) is 13.9 Å². The van der Waals surface area contributed by atoms with E-state index < -0.39 is 0 Å². The van der Waals surface area contributed by atoms with Crippen LogP contribution in [0.5, 0.6) is 0 Å². The quantitative estimate of drug-likeness (QED) is 0.560. The summed E-state index contributed by atoms with van der Waals surface area (Å²) in [6.07, 6.45) is 3.70. The van der Waals surface area contributed by atoms with Crippen LogP contribution < -0.4 is 11.2 Å². The average molecular weight is 346 g/mol. The summed E-state index contributed by atoms with van der Waals surface area (Å²) < 4.78 is 4.51. The number of aryl methyl sites for hydroxylation is 1. The van der Waals surface area contributed by atoms with E-state index in [1.54, 1.807) is 7.05 Å². The van der Waals surface area contributed by atoms with Crippen LogP contribution in [0.3, 0.4) is 0 Å². The molecule has 6 nitrogen and oxygen atoms in total. The molecule has 0 unspecified atom stereocenters. The summed E-state index contributed by atoms with van der Waals surface area (Å²) in [7, 11) is 3.18. The normalized spacial score (nSPS) is 11.2. The molecule has 0 fully saturated rings. The highest BCUT2D eigenvalue weighted by molar-refractivity contribution is 5.81. The molecule has 1 aromatic carbocycles. The molecule has 26 heavy (non-hydrogen) atoms. The van der Waals surface area contributed by atoms with Crippen LogP contribution >= 0.6 is 0 Å². The van der Waals surface area contributed by atoms with Crippen molar-refractivity contribution in [3.8, 4) is 22.5 Å². The first kappa shape index (κ1) is 16.1. The maximum Gasteiger partial charge on any atom is 0.330 e. The number of hydrogen-bond acceptors (Lipinski definition) is 3. The fraction of sp³-hybridized carbons (Fsp3) is 0.150. The third kappa shape index (κ3) is 2.30. The van der Waals surface area contributed by atoms with Crippen molar-refractivity contribution in [3.05, 3.63) is 81.3 Å². The zero-order valence-corrected chi connectivity index (χ0v) is 14.8. The highest BCUT2D eigenvalue weighted by atomic mass is 16.2. The molecular formula is C20H18N4O2. The van der Waals surface area contributed by atoms with Gasteiger partial charge in [0.1, 0.15) is 5.65 Å². The van der Waals surface area contributed by atoms with E-state index in [-0.39, 0.29) is 11.2 Å². The number of benzene rings is 1. The van der Waals surface area contributed by atoms with Gasteiger partial charge in [-0.2, -0.15) is 0 Å². The van der Waals surface area contributed by atoms with Crippen molar-refractivity contribution in [2.75, 3.05) is 0 Å². The van der Waals surface area contributed by atoms with Gasteiger partial charge in [0.25, 0.3) is 5.56 Å². The fourth-order valence-electron chi connectivity index (χ4n) is 3.28. The fourth-order valence-corrected chi connectivity index (χ4v) is 3.28. The summed E-state index contributed by atoms with van der Waals surface area (Å²) in [5.41, 5.74) is 3.42. The molecule has 0 aliphatic rings. The maximum absolute atomic E-state index is 13.0. The first-order valence-electron chi connectivity index (χ1n) is 8.29. The minimum absolute atomic E-state index is 0.352. The molecule has 0 amide bonds. The van der Waals surface area contributed by atoms with Crippen LogP contribution in [0.1, 0.15) is 5.56 Å². The van der Waals surface area contributed by atoms with Crippen molar-refractivity contribution in [3.63, 3.8) is 0 Å². The van der Waals surface area contributed by atoms with E-state index in [0.717, 1.165) is 21.3 Å². The molecule has 4 aromatic rings. The molecule has 130 valence electrons. The van der Waals surface area contributed by atoms with E-state index in [9.17, 15) is 9.59 Å². The van der Waals surface area contributed by atoms with E-state index in [4.69, 9.17) is 0 Å². The second-order valence-electron chi connectivity index (χ2n) is 6.34. The average Bonchev–Trinajstić information content (AvgIpc) is 3.07. The summed E-state index contributed by atoms with van der Waals surface area (Å²) in [5, 5.41) is 0. The van der Waals surface area contributed by atoms with Gasteiger partial charge in [0.15, 0.2) is 0 Å². The molecule has 0 saturated carbocycles. The van der Waals surface area contributed by atoms with Crippen LogP contribution in [0.15, 0.2) is 64.4 Å². The number of rotatable bonds is 2. The Kier molecular flexibility index (Phi) is 3.61. The van der Waals surface area contributed by atoms with Crippen molar-refractivity contribution < 1.29 is 0 Å². The Morgan fingerprint density at radius 2 is 1.65 bits per heavy atom. The van der Waals surface area contributed by atoms with Gasteiger partial charge in [0.2, 0.25) is 0 Å². The zero-order valence-electron chi connectivity index (χ0n) is 14.8. The van der Waals surface area contributed by atoms with Crippen LogP contribution in [0.4, 0.5) is 0 Å². The topological polar surface area (TPSA) is 61.3 Å². The molecule has 0 aliphatic heterocycles. The Bertz CT molecular complexity index is 1230. The van der Waals surface area contributed by atoms with Crippen LogP contribution in [-0.4, -0.2) is 18.5 Å². The first-order chi connectivity index (χ1) is 12.5. The maximum atomic E-state index is 13.0. The Labute approximate surface area is 149 Å². The number of fused-ring (bicyclic) bond motifs is 1. The summed E-state index contributed by atoms with van der Waals surface area (Å²) in [4.78, 5) is 30.2. The first-order valence-corrected chi connectivity index (χ1v) is 8.29. The van der Waals surface area contributed by atoms with Gasteiger partial charge in [0, 0.05) is 32.1 Å². The minimum Gasteiger partial charge on any atom is -0.306 e. The SMILES string of the molecule is Cc1ccccc1-c1c(-c2cn3ccccc3n2)c(=O)n(C)c(=O)n1C. The van der Waals surface area contributed by atoms with E-state index in [0.29, 0.717) is 17.0 Å². The number of hydrogen-bond donors (Lipinski definition) is 0. The van der Waals surface area contributed by atoms with Crippen molar-refractivity contribution in [2.45, 2.75) is 6.92 Å². The molecule has 4 rings (SSSR count). The molecular weight excluding hydrogens is 328 g/mol. The predicted octanol–water partition coefficient (Wildman–Crippen LogP) is 2.37. The Hall–Kier alpha value is -3.41. The Morgan fingerprint density at radius 3 is 2.38 bits per heavy atom. The second-order valence-corrected chi connectivity index (χ2v) is 6.34. The molecule has 0 saturated heterocycles. The zero-order chi connectivity index (χ0) is 18.4. The van der Waals surface area contributed by atoms with Gasteiger partial charge in [0.05, 0.1) is 17.0 Å². The molecule has 3 heterocycles. The Morgan fingerprint density at radius 1 is 0.923 bits per heavy atom. The molecule has 0 radical (unpaired) electrons. The largest absolute Gasteiger partial charge is 0.330 e. The van der Waals surface area contributed by atoms with Gasteiger partial charge in [-0.25, -0.2) is 9.78 Å². The van der Waals surface area contributed by atoms with Crippen molar-refractivity contribution in [2.24, 2.45) is 14.1 Å². The molecule has 6 heteroatoms. The standard InChI is InChI=1S/C20H18N4O2/c1-13-8-4-5-9-14(13)18-17(19(25)23(3)20(26)22(18)2)15-12-24-11-7-6-10-16(24)21-15/h4-12H,1-3H3. The second kappa shape index (κ2) is 5.84. The summed E-state index contributed by atoms with van der Waals surface area (Å²) >= 11 is 0. The molecule has 0 N–H and O–H groups in total. The molecule has 0 bridgehead atoms. The van der Waals surface area contributed by atoms with Gasteiger partial charge in [-0.05, 0) is 24.6 Å². The van der Waals surface area contributed by atoms with Gasteiger partial charge >= 0.3 is 5.69 Å². The van der Waals surface area contributed by atoms with E-state index in [1.165, 1.54) is 11.6 Å². The number of nitrogens with zero attached hydrogens (tertiary/aromatic N) is 4. The highest BCUT2D eigenvalue weighted by Gasteiger charge is 2.21. The van der Waals surface area contributed by atoms with Gasteiger partial charge < -0.3 is 4.40 Å². The lowest BCUT2D eigenvalue weighted by molar-refractivity contribution is 0.694. The third-order valence-electron chi connectivity index (χ3n) is 4.68. The van der Waals surface area contributed by atoms with Crippen LogP contribution in [0, 0.1) is 6.92 Å². The number of aromatic nitrogens is 4. The minimum atomic E-state index is -0.360. The predicted molar refractivity (Wildman–Crippen MR) is 101 cm³/mol. The van der Waals surface area contributed by atoms with Crippen molar-refractivity contribution in [1.29, 1.82) is 0 Å². The summed E-state index contributed by atoms with van der Waals surface area (Å²) in [6.45, 7) is 1.96. The van der Waals surface area contributed by atoms with Gasteiger partial charge in [-0.1, -0.05) is 30.3 Å². The summed E-state index contributed by atoms with van der Waals surface area (Å²) in [6, 6.07) is 13.4. The lowest BCUT2D eigenvalue weighted by Crippen LogP contribution is -2.39. The van der Waals surface area contributed by atoms with Crippen molar-refractivity contribution >= 4 is 5.65 Å². The molecule has 0 aliphatic carbocycles. The number of imidazole rings is 1. The van der Waals surface area contributed by atoms with Crippen molar-refractivity contribution in [1.82, 2.24) is 18.5 Å². The van der Waals surface area contributed by atoms with Crippen LogP contribution in [-0.2, 0) is 14.1 Å². The lowest BCUT2D eigenvalue weighted by Gasteiger charge is -2.16. The monoisotopic (exact) mass is 346 g/mol. The highest BCUT2D eigenvalue weighted by Crippen LogP contribution is 2.29. The van der Waals surface area contributed by atoms with Crippen LogP contribution in [0.25, 0.3) is 28.2 Å². The third-order valence-corrected chi connectivity index (χ3v) is 4.68. The van der Waals surface area contributed by atoms with E-state index in [1.807, 2.05) is 66.2 Å². The molecule has 0 spiro atoms. The molecule has 0 atom stereocenters. The summed E-state index contributed by atoms with van der Waals surface area (Å²) in [5.74, 6) is 0. The van der Waals surface area contributed by atoms with E-state index in [2.05, 4.69) is 4.98 Å².